The predicted octanol–water partition coefficient (Wildman–Crippen LogP) is 0.835. The third kappa shape index (κ3) is 12.1. The van der Waals surface area contributed by atoms with E-state index in [9.17, 15) is 33.6 Å². The molecule has 3 rings (SSSR count). The van der Waals surface area contributed by atoms with Crippen molar-refractivity contribution in [3.63, 3.8) is 0 Å². The summed E-state index contributed by atoms with van der Waals surface area (Å²) in [6.45, 7) is 6.20. The molecule has 51 heavy (non-hydrogen) atoms. The van der Waals surface area contributed by atoms with E-state index in [1.165, 1.54) is 11.0 Å². The SMILES string of the molecule is CC(=O)OC[C@@H]1O[C@@H](O[C@H]([C@H](OC(C)=O)c2cnn(-c3ccccc3)n2)[C@@H](COC(C)=O)OC(C)=O)[C@@H](OC(C)=O)[C@@H](OC(C)=O)[C@H]1OC(C)=O. The average Bonchev–Trinajstić information content (AvgIpc) is 3.52. The Kier molecular flexibility index (Phi) is 14.5. The number of benzene rings is 1. The highest BCUT2D eigenvalue weighted by molar-refractivity contribution is 5.69. The van der Waals surface area contributed by atoms with Crippen LogP contribution in [-0.2, 0) is 76.2 Å². The highest BCUT2D eigenvalue weighted by Crippen LogP contribution is 2.35. The fourth-order valence-electron chi connectivity index (χ4n) is 4.98. The maximum atomic E-state index is 12.6. The van der Waals surface area contributed by atoms with Crippen molar-refractivity contribution >= 4 is 41.8 Å². The molecule has 0 spiro atoms. The van der Waals surface area contributed by atoms with Crippen molar-refractivity contribution in [1.82, 2.24) is 15.0 Å². The van der Waals surface area contributed by atoms with Gasteiger partial charge in [-0.25, -0.2) is 0 Å². The van der Waals surface area contributed by atoms with E-state index in [1.54, 1.807) is 30.3 Å². The van der Waals surface area contributed by atoms with Crippen LogP contribution < -0.4 is 0 Å². The molecular weight excluding hydrogens is 682 g/mol. The Bertz CT molecular complexity index is 1560. The molecule has 278 valence electrons. The van der Waals surface area contributed by atoms with Crippen LogP contribution in [0.4, 0.5) is 0 Å². The topological polar surface area (TPSA) is 233 Å². The molecule has 19 heteroatoms. The smallest absolute Gasteiger partial charge is 0.303 e. The van der Waals surface area contributed by atoms with Crippen molar-refractivity contribution < 1.29 is 76.2 Å². The largest absolute Gasteiger partial charge is 0.463 e. The molecule has 1 fully saturated rings. The summed E-state index contributed by atoms with van der Waals surface area (Å²) in [5, 5.41) is 8.66. The molecule has 1 aromatic heterocycles. The van der Waals surface area contributed by atoms with Crippen molar-refractivity contribution in [1.29, 1.82) is 0 Å². The minimum Gasteiger partial charge on any atom is -0.463 e. The first-order valence-corrected chi connectivity index (χ1v) is 15.5. The van der Waals surface area contributed by atoms with Crippen LogP contribution in [-0.4, -0.2) is 113 Å². The summed E-state index contributed by atoms with van der Waals surface area (Å²) in [5.41, 5.74) is 0.462. The maximum Gasteiger partial charge on any atom is 0.303 e. The Labute approximate surface area is 291 Å². The van der Waals surface area contributed by atoms with E-state index in [0.717, 1.165) is 48.5 Å². The lowest BCUT2D eigenvalue weighted by atomic mass is 9.97. The fourth-order valence-corrected chi connectivity index (χ4v) is 4.98. The molecule has 1 aliphatic rings. The molecule has 1 aliphatic heterocycles. The van der Waals surface area contributed by atoms with Crippen LogP contribution in [0.5, 0.6) is 0 Å². The number of carbonyl (C=O) groups excluding carboxylic acids is 7. The van der Waals surface area contributed by atoms with Crippen LogP contribution >= 0.6 is 0 Å². The predicted molar refractivity (Wildman–Crippen MR) is 165 cm³/mol. The molecule has 1 saturated heterocycles. The van der Waals surface area contributed by atoms with Gasteiger partial charge in [-0.15, -0.1) is 5.10 Å². The van der Waals surface area contributed by atoms with E-state index in [1.807, 2.05) is 0 Å². The standard InChI is InChI=1S/C32H39N3O16/c1-16(36)43-14-25(45-18(3)38)28(27(46-19(4)39)24-13-33-35(34-24)23-11-9-8-10-12-23)51-32-31(49-22(7)42)30(48-21(6)41)29(47-20(5)40)26(50-32)15-44-17(2)37/h8-13,25-32H,14-15H2,1-7H3/t25-,26+,27-,28+,29+,30+,31+,32+/m1/s1. The zero-order chi connectivity index (χ0) is 37.8. The van der Waals surface area contributed by atoms with Crippen molar-refractivity contribution in [2.45, 2.75) is 97.5 Å². The summed E-state index contributed by atoms with van der Waals surface area (Å²) in [6, 6.07) is 8.62. The lowest BCUT2D eigenvalue weighted by Gasteiger charge is -2.45. The van der Waals surface area contributed by atoms with Gasteiger partial charge in [0.2, 0.25) is 0 Å². The monoisotopic (exact) mass is 721 g/mol. The van der Waals surface area contributed by atoms with Crippen molar-refractivity contribution in [3.8, 4) is 5.69 Å². The molecule has 2 aromatic rings. The lowest BCUT2D eigenvalue weighted by molar-refractivity contribution is -0.329. The van der Waals surface area contributed by atoms with Gasteiger partial charge in [0.15, 0.2) is 36.8 Å². The molecule has 0 aliphatic carbocycles. The molecule has 8 atom stereocenters. The van der Waals surface area contributed by atoms with Gasteiger partial charge < -0.3 is 42.6 Å². The number of esters is 7. The third-order valence-electron chi connectivity index (χ3n) is 6.75. The summed E-state index contributed by atoms with van der Waals surface area (Å²) in [4.78, 5) is 86.8. The first-order valence-electron chi connectivity index (χ1n) is 15.5. The molecular formula is C32H39N3O16. The second-order valence-electron chi connectivity index (χ2n) is 11.0. The summed E-state index contributed by atoms with van der Waals surface area (Å²) in [6.07, 6.45) is -11.8. The van der Waals surface area contributed by atoms with Crippen LogP contribution in [0.2, 0.25) is 0 Å². The van der Waals surface area contributed by atoms with Gasteiger partial charge in [-0.1, -0.05) is 18.2 Å². The van der Waals surface area contributed by atoms with E-state index in [2.05, 4.69) is 10.2 Å². The van der Waals surface area contributed by atoms with Crippen LogP contribution in [0, 0.1) is 0 Å². The number of nitrogens with zero attached hydrogens (tertiary/aromatic N) is 3. The van der Waals surface area contributed by atoms with Gasteiger partial charge in [0.05, 0.1) is 11.9 Å². The summed E-state index contributed by atoms with van der Waals surface area (Å²) in [5.74, 6) is -5.97. The Hall–Kier alpha value is -5.43. The second-order valence-corrected chi connectivity index (χ2v) is 11.0. The first-order chi connectivity index (χ1) is 24.0. The number of hydrogen-bond donors (Lipinski definition) is 0. The van der Waals surface area contributed by atoms with Gasteiger partial charge in [-0.05, 0) is 12.1 Å². The van der Waals surface area contributed by atoms with Crippen LogP contribution in [0.1, 0.15) is 60.3 Å². The van der Waals surface area contributed by atoms with E-state index in [0.29, 0.717) is 5.69 Å². The third-order valence-corrected chi connectivity index (χ3v) is 6.75. The van der Waals surface area contributed by atoms with E-state index in [4.69, 9.17) is 42.6 Å². The fraction of sp³-hybridized carbons (Fsp3) is 0.531. The molecule has 0 unspecified atom stereocenters. The van der Waals surface area contributed by atoms with E-state index >= 15 is 0 Å². The minimum absolute atomic E-state index is 0.0512. The molecule has 0 radical (unpaired) electrons. The van der Waals surface area contributed by atoms with Crippen LogP contribution in [0.15, 0.2) is 36.5 Å². The number of carbonyl (C=O) groups is 7. The molecule has 1 aromatic carbocycles. The zero-order valence-electron chi connectivity index (χ0n) is 28.9. The summed E-state index contributed by atoms with van der Waals surface area (Å²) < 4.78 is 50.2. The van der Waals surface area contributed by atoms with Gasteiger partial charge in [0.1, 0.15) is 31.1 Å². The normalized spacial score (nSPS) is 21.5. The molecule has 0 bridgehead atoms. The zero-order valence-corrected chi connectivity index (χ0v) is 28.9. The highest BCUT2D eigenvalue weighted by atomic mass is 16.7. The first kappa shape index (κ1) is 40.0. The van der Waals surface area contributed by atoms with E-state index in [-0.39, 0.29) is 5.69 Å². The molecule has 0 N–H and O–H groups in total. The number of rotatable bonds is 15. The van der Waals surface area contributed by atoms with Gasteiger partial charge in [-0.2, -0.15) is 9.90 Å². The van der Waals surface area contributed by atoms with Gasteiger partial charge >= 0.3 is 41.8 Å². The van der Waals surface area contributed by atoms with Crippen molar-refractivity contribution in [3.05, 3.63) is 42.2 Å². The van der Waals surface area contributed by atoms with Crippen molar-refractivity contribution in [2.75, 3.05) is 13.2 Å². The Morgan fingerprint density at radius 3 is 1.82 bits per heavy atom. The van der Waals surface area contributed by atoms with Gasteiger partial charge in [0, 0.05) is 48.5 Å². The Morgan fingerprint density at radius 1 is 0.706 bits per heavy atom. The van der Waals surface area contributed by atoms with Gasteiger partial charge in [-0.3, -0.25) is 33.6 Å². The van der Waals surface area contributed by atoms with Crippen molar-refractivity contribution in [2.24, 2.45) is 0 Å². The number of para-hydroxylation sites is 1. The lowest BCUT2D eigenvalue weighted by Crippen LogP contribution is -2.64. The summed E-state index contributed by atoms with van der Waals surface area (Å²) >= 11 is 0. The van der Waals surface area contributed by atoms with Crippen LogP contribution in [0.25, 0.3) is 5.69 Å². The minimum atomic E-state index is -1.84. The molecule has 2 heterocycles. The van der Waals surface area contributed by atoms with Crippen LogP contribution in [0.3, 0.4) is 0 Å². The molecule has 19 nitrogen and oxygen atoms in total. The number of hydrogen-bond acceptors (Lipinski definition) is 18. The van der Waals surface area contributed by atoms with Gasteiger partial charge in [0.25, 0.3) is 0 Å². The van der Waals surface area contributed by atoms with E-state index < -0.39 is 104 Å². The highest BCUT2D eigenvalue weighted by Gasteiger charge is 2.55. The summed E-state index contributed by atoms with van der Waals surface area (Å²) in [7, 11) is 0. The Balaban J connectivity index is 2.23. The number of aromatic nitrogens is 3. The quantitative estimate of drug-likeness (QED) is 0.183. The average molecular weight is 722 g/mol. The maximum absolute atomic E-state index is 12.6. The Morgan fingerprint density at radius 2 is 1.27 bits per heavy atom. The molecule has 0 amide bonds. The number of ether oxygens (including phenoxy) is 9. The molecule has 0 saturated carbocycles. The second kappa shape index (κ2) is 18.5.